The van der Waals surface area contributed by atoms with Gasteiger partial charge in [-0.2, -0.15) is 0 Å². The number of amides is 2. The number of aromatic nitrogens is 2. The Balaban J connectivity index is 1.66. The number of rotatable bonds is 2. The molecule has 2 aliphatic rings. The number of nitrogens with one attached hydrogen (secondary N) is 1. The first kappa shape index (κ1) is 14.7. The summed E-state index contributed by atoms with van der Waals surface area (Å²) in [6, 6.07) is 1.91. The van der Waals surface area contributed by atoms with Gasteiger partial charge in [0.1, 0.15) is 5.69 Å². The van der Waals surface area contributed by atoms with Crippen LogP contribution in [0.4, 0.5) is 10.5 Å². The van der Waals surface area contributed by atoms with Crippen LogP contribution in [0.2, 0.25) is 0 Å². The zero-order valence-corrected chi connectivity index (χ0v) is 13.1. The molecule has 0 bridgehead atoms. The van der Waals surface area contributed by atoms with Crippen LogP contribution in [-0.2, 0) is 22.4 Å². The number of carbonyl (C=O) groups excluding carboxylic acids is 2. The topological polar surface area (TPSA) is 97.6 Å². The van der Waals surface area contributed by atoms with Crippen molar-refractivity contribution in [2.24, 2.45) is 0 Å². The molecule has 0 aromatic carbocycles. The van der Waals surface area contributed by atoms with Crippen molar-refractivity contribution in [3.63, 3.8) is 0 Å². The van der Waals surface area contributed by atoms with Crippen LogP contribution in [0.5, 0.6) is 0 Å². The van der Waals surface area contributed by atoms with E-state index in [0.717, 1.165) is 36.1 Å². The number of carbonyl (C=O) groups is 2. The molecule has 2 aromatic heterocycles. The lowest BCUT2D eigenvalue weighted by Gasteiger charge is -2.14. The first-order valence-corrected chi connectivity index (χ1v) is 7.80. The molecule has 0 saturated carbocycles. The molecule has 8 heteroatoms. The summed E-state index contributed by atoms with van der Waals surface area (Å²) in [5.74, 6) is 0.376. The Kier molecular flexibility index (Phi) is 3.44. The molecule has 3 heterocycles. The van der Waals surface area contributed by atoms with E-state index < -0.39 is 12.2 Å². The average Bonchev–Trinajstić information content (AvgIpc) is 3.17. The number of ether oxygens (including phenoxy) is 1. The lowest BCUT2D eigenvalue weighted by atomic mass is 10.1. The largest absolute Gasteiger partial charge is 0.434 e. The minimum atomic E-state index is -0.804. The number of fused-ring (bicyclic) bond motifs is 3. The Bertz CT molecular complexity index is 816. The van der Waals surface area contributed by atoms with E-state index in [1.54, 1.807) is 12.4 Å². The maximum atomic E-state index is 12.1. The standard InChI is InChI=1S/C16H16N4O4/c1-17-15(21)12-8-20(16(22)23-12)11-5-9-3-2-4-10-6-19-24-14(10)13(9)18-7-11/h5-7,12H,2-4,8H2,1H3,(H,17,21)/t12-/m1/s1. The molecule has 2 aromatic rings. The van der Waals surface area contributed by atoms with Crippen LogP contribution in [-0.4, -0.2) is 41.8 Å². The van der Waals surface area contributed by atoms with Crippen molar-refractivity contribution in [2.75, 3.05) is 18.5 Å². The Morgan fingerprint density at radius 3 is 3.00 bits per heavy atom. The van der Waals surface area contributed by atoms with E-state index in [-0.39, 0.29) is 12.5 Å². The maximum Gasteiger partial charge on any atom is 0.415 e. The number of pyridine rings is 1. The van der Waals surface area contributed by atoms with Crippen LogP contribution in [0.1, 0.15) is 17.5 Å². The van der Waals surface area contributed by atoms with E-state index in [1.807, 2.05) is 6.07 Å². The molecule has 0 radical (unpaired) electrons. The first-order chi connectivity index (χ1) is 11.7. The molecule has 0 unspecified atom stereocenters. The summed E-state index contributed by atoms with van der Waals surface area (Å²) in [7, 11) is 1.51. The average molecular weight is 328 g/mol. The molecule has 1 aliphatic heterocycles. The molecule has 1 saturated heterocycles. The zero-order valence-electron chi connectivity index (χ0n) is 13.1. The SMILES string of the molecule is CNC(=O)[C@H]1CN(c2cnc3c(c2)CCCc2cnoc2-3)C(=O)O1. The third kappa shape index (κ3) is 2.31. The normalized spacial score (nSPS) is 19.3. The monoisotopic (exact) mass is 328 g/mol. The predicted octanol–water partition coefficient (Wildman–Crippen LogP) is 1.30. The van der Waals surface area contributed by atoms with Crippen molar-refractivity contribution in [3.05, 3.63) is 29.6 Å². The molecule has 1 N–H and O–H groups in total. The first-order valence-electron chi connectivity index (χ1n) is 7.80. The molecular weight excluding hydrogens is 312 g/mol. The van der Waals surface area contributed by atoms with Crippen LogP contribution < -0.4 is 10.2 Å². The van der Waals surface area contributed by atoms with E-state index in [2.05, 4.69) is 15.5 Å². The molecule has 124 valence electrons. The van der Waals surface area contributed by atoms with Gasteiger partial charge in [-0.05, 0) is 30.9 Å². The highest BCUT2D eigenvalue weighted by Crippen LogP contribution is 2.33. The molecule has 4 rings (SSSR count). The third-order valence-corrected chi connectivity index (χ3v) is 4.37. The quantitative estimate of drug-likeness (QED) is 0.892. The molecule has 1 aliphatic carbocycles. The van der Waals surface area contributed by atoms with Gasteiger partial charge in [0.2, 0.25) is 0 Å². The second-order valence-electron chi connectivity index (χ2n) is 5.83. The fourth-order valence-corrected chi connectivity index (χ4v) is 3.11. The molecule has 24 heavy (non-hydrogen) atoms. The predicted molar refractivity (Wildman–Crippen MR) is 83.4 cm³/mol. The Morgan fingerprint density at radius 1 is 1.33 bits per heavy atom. The van der Waals surface area contributed by atoms with Crippen LogP contribution in [0.15, 0.2) is 23.0 Å². The lowest BCUT2D eigenvalue weighted by Crippen LogP contribution is -2.35. The van der Waals surface area contributed by atoms with Gasteiger partial charge in [-0.3, -0.25) is 14.7 Å². The summed E-state index contributed by atoms with van der Waals surface area (Å²) in [5, 5.41) is 6.34. The number of anilines is 1. The summed E-state index contributed by atoms with van der Waals surface area (Å²) in [5.41, 5.74) is 3.43. The highest BCUT2D eigenvalue weighted by atomic mass is 16.6. The van der Waals surface area contributed by atoms with Gasteiger partial charge in [0.05, 0.1) is 24.6 Å². The van der Waals surface area contributed by atoms with Gasteiger partial charge in [0, 0.05) is 12.6 Å². The summed E-state index contributed by atoms with van der Waals surface area (Å²) in [6.07, 6.45) is 4.66. The fourth-order valence-electron chi connectivity index (χ4n) is 3.11. The minimum absolute atomic E-state index is 0.173. The number of cyclic esters (lactones) is 1. The van der Waals surface area contributed by atoms with Crippen molar-refractivity contribution >= 4 is 17.7 Å². The minimum Gasteiger partial charge on any atom is -0.434 e. The van der Waals surface area contributed by atoms with Gasteiger partial charge in [-0.15, -0.1) is 0 Å². The fraction of sp³-hybridized carbons (Fsp3) is 0.375. The molecule has 1 atom stereocenters. The zero-order chi connectivity index (χ0) is 16.7. The number of likely N-dealkylation sites (N-methyl/N-ethyl adjacent to an activating group) is 1. The molecule has 2 amide bonds. The van der Waals surface area contributed by atoms with Crippen molar-refractivity contribution in [1.82, 2.24) is 15.5 Å². The number of aryl methyl sites for hydroxylation is 2. The Morgan fingerprint density at radius 2 is 2.17 bits per heavy atom. The molecule has 8 nitrogen and oxygen atoms in total. The lowest BCUT2D eigenvalue weighted by molar-refractivity contribution is -0.127. The number of hydrogen-bond acceptors (Lipinski definition) is 6. The molecule has 1 fully saturated rings. The highest BCUT2D eigenvalue weighted by molar-refractivity contribution is 5.95. The second-order valence-corrected chi connectivity index (χ2v) is 5.83. The second kappa shape index (κ2) is 5.63. The summed E-state index contributed by atoms with van der Waals surface area (Å²) >= 11 is 0. The van der Waals surface area contributed by atoms with Crippen molar-refractivity contribution in [3.8, 4) is 11.5 Å². The van der Waals surface area contributed by atoms with Crippen molar-refractivity contribution < 1.29 is 18.8 Å². The van der Waals surface area contributed by atoms with Gasteiger partial charge < -0.3 is 14.6 Å². The molecule has 0 spiro atoms. The maximum absolute atomic E-state index is 12.1. The summed E-state index contributed by atoms with van der Waals surface area (Å²) in [6.45, 7) is 0.173. The third-order valence-electron chi connectivity index (χ3n) is 4.37. The van der Waals surface area contributed by atoms with E-state index in [0.29, 0.717) is 11.4 Å². The Labute approximate surface area is 137 Å². The van der Waals surface area contributed by atoms with Gasteiger partial charge in [-0.25, -0.2) is 4.79 Å². The van der Waals surface area contributed by atoms with E-state index in [1.165, 1.54) is 11.9 Å². The van der Waals surface area contributed by atoms with E-state index in [4.69, 9.17) is 9.26 Å². The van der Waals surface area contributed by atoms with Crippen LogP contribution >= 0.6 is 0 Å². The van der Waals surface area contributed by atoms with Crippen LogP contribution in [0, 0.1) is 0 Å². The van der Waals surface area contributed by atoms with E-state index in [9.17, 15) is 9.59 Å². The highest BCUT2D eigenvalue weighted by Gasteiger charge is 2.37. The van der Waals surface area contributed by atoms with Gasteiger partial charge in [0.15, 0.2) is 11.9 Å². The summed E-state index contributed by atoms with van der Waals surface area (Å²) < 4.78 is 10.5. The van der Waals surface area contributed by atoms with Crippen molar-refractivity contribution in [2.45, 2.75) is 25.4 Å². The van der Waals surface area contributed by atoms with Gasteiger partial charge in [0.25, 0.3) is 5.91 Å². The smallest absolute Gasteiger partial charge is 0.415 e. The summed E-state index contributed by atoms with van der Waals surface area (Å²) in [4.78, 5) is 29.6. The van der Waals surface area contributed by atoms with Crippen LogP contribution in [0.25, 0.3) is 11.5 Å². The van der Waals surface area contributed by atoms with E-state index >= 15 is 0 Å². The number of nitrogens with zero attached hydrogens (tertiary/aromatic N) is 3. The number of hydrogen-bond donors (Lipinski definition) is 1. The van der Waals surface area contributed by atoms with Crippen LogP contribution in [0.3, 0.4) is 0 Å². The van der Waals surface area contributed by atoms with Gasteiger partial charge >= 0.3 is 6.09 Å². The molecular formula is C16H16N4O4. The Hall–Kier alpha value is -2.90. The van der Waals surface area contributed by atoms with Gasteiger partial charge in [-0.1, -0.05) is 5.16 Å². The van der Waals surface area contributed by atoms with Crippen molar-refractivity contribution in [1.29, 1.82) is 0 Å².